The molecule has 0 saturated heterocycles. The monoisotopic (exact) mass is 224 g/mol. The fourth-order valence-corrected chi connectivity index (χ4v) is 1.45. The lowest BCUT2D eigenvalue weighted by atomic mass is 10.1. The molecule has 0 saturated carbocycles. The van der Waals surface area contributed by atoms with Crippen LogP contribution in [0.4, 0.5) is 5.69 Å². The van der Waals surface area contributed by atoms with Gasteiger partial charge in [0.05, 0.1) is 7.11 Å². The second-order valence-electron chi connectivity index (χ2n) is 3.20. The zero-order valence-electron chi connectivity index (χ0n) is 9.04. The average Bonchev–Trinajstić information content (AvgIpc) is 2.25. The number of nitrogens with one attached hydrogen (secondary N) is 1. The Balaban J connectivity index is 2.99. The summed E-state index contributed by atoms with van der Waals surface area (Å²) in [5, 5.41) is 3.27. The molecule has 1 rings (SSSR count). The van der Waals surface area contributed by atoms with Crippen LogP contribution in [-0.4, -0.2) is 18.6 Å². The van der Waals surface area contributed by atoms with Gasteiger partial charge in [-0.25, -0.2) is 0 Å². The zero-order valence-corrected chi connectivity index (χ0v) is 9.86. The van der Waals surface area contributed by atoms with E-state index in [0.717, 1.165) is 30.0 Å². The van der Waals surface area contributed by atoms with Crippen LogP contribution in [0.2, 0.25) is 0 Å². The molecule has 1 aromatic carbocycles. The van der Waals surface area contributed by atoms with Gasteiger partial charge in [0.2, 0.25) is 0 Å². The first-order valence-corrected chi connectivity index (χ1v) is 5.31. The first-order chi connectivity index (χ1) is 7.19. The molecule has 0 aliphatic heterocycles. The Morgan fingerprint density at radius 1 is 1.53 bits per heavy atom. The van der Waals surface area contributed by atoms with Crippen molar-refractivity contribution in [2.75, 3.05) is 19.0 Å². The van der Waals surface area contributed by atoms with Gasteiger partial charge in [-0.1, -0.05) is 19.1 Å². The number of hydrogen-bond acceptors (Lipinski definition) is 3. The van der Waals surface area contributed by atoms with E-state index < -0.39 is 0 Å². The summed E-state index contributed by atoms with van der Waals surface area (Å²) in [7, 11) is 1.64. The fourth-order valence-electron chi connectivity index (χ4n) is 1.27. The molecule has 3 N–H and O–H groups in total. The number of ether oxygens (including phenoxy) is 1. The van der Waals surface area contributed by atoms with E-state index in [-0.39, 0.29) is 0 Å². The van der Waals surface area contributed by atoms with Gasteiger partial charge >= 0.3 is 0 Å². The van der Waals surface area contributed by atoms with Crippen LogP contribution < -0.4 is 15.8 Å². The van der Waals surface area contributed by atoms with Crippen LogP contribution in [0, 0.1) is 0 Å². The van der Waals surface area contributed by atoms with Crippen LogP contribution in [0.3, 0.4) is 0 Å². The topological polar surface area (TPSA) is 47.3 Å². The first-order valence-electron chi connectivity index (χ1n) is 4.90. The fraction of sp³-hybridized carbons (Fsp3) is 0.364. The molecular formula is C11H16N2OS. The molecule has 0 spiro atoms. The molecule has 0 unspecified atom stereocenters. The minimum Gasteiger partial charge on any atom is -0.497 e. The van der Waals surface area contributed by atoms with Crippen LogP contribution in [0.1, 0.15) is 18.9 Å². The number of thiocarbonyl (C=S) groups is 1. The predicted molar refractivity (Wildman–Crippen MR) is 67.7 cm³/mol. The second-order valence-corrected chi connectivity index (χ2v) is 3.64. The Kier molecular flexibility index (Phi) is 4.37. The van der Waals surface area contributed by atoms with Crippen LogP contribution in [-0.2, 0) is 0 Å². The number of benzene rings is 1. The van der Waals surface area contributed by atoms with E-state index in [1.807, 2.05) is 18.2 Å². The molecule has 0 bridgehead atoms. The van der Waals surface area contributed by atoms with Crippen molar-refractivity contribution in [3.63, 3.8) is 0 Å². The molecule has 0 atom stereocenters. The maximum atomic E-state index is 5.63. The highest BCUT2D eigenvalue weighted by atomic mass is 32.1. The molecule has 0 heterocycles. The number of anilines is 1. The molecule has 0 radical (unpaired) electrons. The number of hydrogen-bond donors (Lipinski definition) is 2. The lowest BCUT2D eigenvalue weighted by Crippen LogP contribution is -2.13. The van der Waals surface area contributed by atoms with Gasteiger partial charge in [-0.05, 0) is 18.6 Å². The zero-order chi connectivity index (χ0) is 11.3. The molecule has 4 heteroatoms. The third-order valence-corrected chi connectivity index (χ3v) is 2.28. The minimum atomic E-state index is 0.399. The number of nitrogens with two attached hydrogens (primary N) is 1. The van der Waals surface area contributed by atoms with Crippen LogP contribution in [0.5, 0.6) is 5.75 Å². The molecule has 0 aromatic heterocycles. The normalized spacial score (nSPS) is 9.73. The summed E-state index contributed by atoms with van der Waals surface area (Å²) in [5.74, 6) is 0.800. The van der Waals surface area contributed by atoms with E-state index in [4.69, 9.17) is 22.7 Å². The van der Waals surface area contributed by atoms with Crippen molar-refractivity contribution in [2.24, 2.45) is 5.73 Å². The van der Waals surface area contributed by atoms with Gasteiger partial charge in [0.1, 0.15) is 10.7 Å². The molecule has 0 aliphatic rings. The van der Waals surface area contributed by atoms with Gasteiger partial charge in [-0.15, -0.1) is 0 Å². The summed E-state index contributed by atoms with van der Waals surface area (Å²) in [5.41, 5.74) is 7.42. The van der Waals surface area contributed by atoms with E-state index in [9.17, 15) is 0 Å². The molecular weight excluding hydrogens is 208 g/mol. The maximum absolute atomic E-state index is 5.63. The maximum Gasteiger partial charge on any atom is 0.120 e. The molecule has 3 nitrogen and oxygen atoms in total. The highest BCUT2D eigenvalue weighted by Gasteiger charge is 2.05. The Labute approximate surface area is 95.6 Å². The summed E-state index contributed by atoms with van der Waals surface area (Å²) in [6.45, 7) is 3.00. The highest BCUT2D eigenvalue weighted by molar-refractivity contribution is 7.80. The molecule has 0 fully saturated rings. The van der Waals surface area contributed by atoms with Gasteiger partial charge in [0, 0.05) is 23.9 Å². The lowest BCUT2D eigenvalue weighted by molar-refractivity contribution is 0.415. The van der Waals surface area contributed by atoms with Crippen molar-refractivity contribution in [3.8, 4) is 5.75 Å². The number of methoxy groups -OCH3 is 1. The van der Waals surface area contributed by atoms with Gasteiger partial charge < -0.3 is 15.8 Å². The largest absolute Gasteiger partial charge is 0.497 e. The predicted octanol–water partition coefficient (Wildman–Crippen LogP) is 2.15. The standard InChI is InChI=1S/C11H16N2OS/c1-3-6-13-10-7-8(14-2)4-5-9(10)11(12)15/h4-5,7,13H,3,6H2,1-2H3,(H2,12,15). The van der Waals surface area contributed by atoms with Gasteiger partial charge in [-0.3, -0.25) is 0 Å². The summed E-state index contributed by atoms with van der Waals surface area (Å²) in [4.78, 5) is 0.399. The third kappa shape index (κ3) is 3.09. The van der Waals surface area contributed by atoms with Gasteiger partial charge in [0.15, 0.2) is 0 Å². The van der Waals surface area contributed by atoms with Crippen LogP contribution >= 0.6 is 12.2 Å². The van der Waals surface area contributed by atoms with Crippen molar-refractivity contribution >= 4 is 22.9 Å². The van der Waals surface area contributed by atoms with Crippen LogP contribution in [0.15, 0.2) is 18.2 Å². The van der Waals surface area contributed by atoms with E-state index >= 15 is 0 Å². The van der Waals surface area contributed by atoms with Crippen molar-refractivity contribution < 1.29 is 4.74 Å². The van der Waals surface area contributed by atoms with E-state index in [2.05, 4.69) is 12.2 Å². The summed E-state index contributed by atoms with van der Waals surface area (Å²) in [6.07, 6.45) is 1.05. The van der Waals surface area contributed by atoms with Gasteiger partial charge in [0.25, 0.3) is 0 Å². The van der Waals surface area contributed by atoms with Crippen molar-refractivity contribution in [1.29, 1.82) is 0 Å². The third-order valence-electron chi connectivity index (χ3n) is 2.06. The number of rotatable bonds is 5. The summed E-state index contributed by atoms with van der Waals surface area (Å²) in [6, 6.07) is 5.63. The summed E-state index contributed by atoms with van der Waals surface area (Å²) < 4.78 is 5.15. The smallest absolute Gasteiger partial charge is 0.120 e. The molecule has 15 heavy (non-hydrogen) atoms. The Bertz CT molecular complexity index is 352. The average molecular weight is 224 g/mol. The molecule has 0 aliphatic carbocycles. The Morgan fingerprint density at radius 2 is 2.27 bits per heavy atom. The molecule has 1 aromatic rings. The summed E-state index contributed by atoms with van der Waals surface area (Å²) >= 11 is 4.98. The van der Waals surface area contributed by atoms with Crippen molar-refractivity contribution in [1.82, 2.24) is 0 Å². The second kappa shape index (κ2) is 5.56. The quantitative estimate of drug-likeness (QED) is 0.752. The Hall–Kier alpha value is -1.29. The van der Waals surface area contributed by atoms with Crippen molar-refractivity contribution in [3.05, 3.63) is 23.8 Å². The van der Waals surface area contributed by atoms with Crippen molar-refractivity contribution in [2.45, 2.75) is 13.3 Å². The first kappa shape index (κ1) is 11.8. The van der Waals surface area contributed by atoms with Crippen LogP contribution in [0.25, 0.3) is 0 Å². The minimum absolute atomic E-state index is 0.399. The van der Waals surface area contributed by atoms with E-state index in [1.165, 1.54) is 0 Å². The highest BCUT2D eigenvalue weighted by Crippen LogP contribution is 2.22. The molecule has 0 amide bonds. The van der Waals surface area contributed by atoms with E-state index in [0.29, 0.717) is 4.99 Å². The SMILES string of the molecule is CCCNc1cc(OC)ccc1C(N)=S. The van der Waals surface area contributed by atoms with Gasteiger partial charge in [-0.2, -0.15) is 0 Å². The van der Waals surface area contributed by atoms with E-state index in [1.54, 1.807) is 7.11 Å². The molecule has 82 valence electrons. The lowest BCUT2D eigenvalue weighted by Gasteiger charge is -2.11. The Morgan fingerprint density at radius 3 is 2.80 bits per heavy atom.